The Balaban J connectivity index is 1.71. The number of carbonyl (C=O) groups is 2. The van der Waals surface area contributed by atoms with Crippen molar-refractivity contribution in [1.29, 1.82) is 5.26 Å². The quantitative estimate of drug-likeness (QED) is 0.817. The number of fused-ring (bicyclic) bond motifs is 1. The van der Waals surface area contributed by atoms with Gasteiger partial charge in [-0.1, -0.05) is 0 Å². The molecule has 21 heavy (non-hydrogen) atoms. The molecular formula is C15H16N4O2. The number of nitrogens with zero attached hydrogens (tertiary/aromatic N) is 3. The third-order valence-electron chi connectivity index (χ3n) is 4.29. The molecule has 0 spiro atoms. The zero-order valence-corrected chi connectivity index (χ0v) is 11.5. The SMILES string of the molecule is N#CC1CC2CN(C(=O)c3ccncc3)CCC2NC1=O. The van der Waals surface area contributed by atoms with Gasteiger partial charge in [0.2, 0.25) is 5.91 Å². The van der Waals surface area contributed by atoms with Gasteiger partial charge in [0.05, 0.1) is 6.07 Å². The zero-order chi connectivity index (χ0) is 14.8. The Kier molecular flexibility index (Phi) is 3.57. The van der Waals surface area contributed by atoms with E-state index in [1.807, 2.05) is 11.0 Å². The van der Waals surface area contributed by atoms with Crippen LogP contribution in [0.15, 0.2) is 24.5 Å². The molecule has 108 valence electrons. The van der Waals surface area contributed by atoms with E-state index in [0.29, 0.717) is 25.1 Å². The van der Waals surface area contributed by atoms with Crippen molar-refractivity contribution in [1.82, 2.24) is 15.2 Å². The van der Waals surface area contributed by atoms with Crippen molar-refractivity contribution in [2.24, 2.45) is 11.8 Å². The van der Waals surface area contributed by atoms with Gasteiger partial charge in [0.1, 0.15) is 5.92 Å². The molecule has 0 radical (unpaired) electrons. The van der Waals surface area contributed by atoms with Crippen LogP contribution in [0.4, 0.5) is 0 Å². The standard InChI is InChI=1S/C15H16N4O2/c16-8-11-7-12-9-19(6-3-13(12)18-14(11)20)15(21)10-1-4-17-5-2-10/h1-2,4-5,11-13H,3,6-7,9H2,(H,18,20). The van der Waals surface area contributed by atoms with Gasteiger partial charge in [-0.3, -0.25) is 14.6 Å². The molecule has 0 bridgehead atoms. The first-order valence-electron chi connectivity index (χ1n) is 7.08. The lowest BCUT2D eigenvalue weighted by Crippen LogP contribution is -2.57. The van der Waals surface area contributed by atoms with Gasteiger partial charge in [-0.05, 0) is 30.9 Å². The molecule has 3 heterocycles. The third-order valence-corrected chi connectivity index (χ3v) is 4.29. The second kappa shape index (κ2) is 5.52. The van der Waals surface area contributed by atoms with Crippen LogP contribution in [-0.2, 0) is 4.79 Å². The van der Waals surface area contributed by atoms with Crippen molar-refractivity contribution in [2.75, 3.05) is 13.1 Å². The summed E-state index contributed by atoms with van der Waals surface area (Å²) in [4.78, 5) is 29.9. The molecule has 0 aromatic carbocycles. The molecular weight excluding hydrogens is 268 g/mol. The fourth-order valence-electron chi connectivity index (χ4n) is 3.13. The first kappa shape index (κ1) is 13.6. The van der Waals surface area contributed by atoms with Crippen molar-refractivity contribution in [2.45, 2.75) is 18.9 Å². The molecule has 3 atom stereocenters. The van der Waals surface area contributed by atoms with Gasteiger partial charge in [0, 0.05) is 37.1 Å². The maximum atomic E-state index is 12.4. The predicted molar refractivity (Wildman–Crippen MR) is 73.9 cm³/mol. The largest absolute Gasteiger partial charge is 0.352 e. The van der Waals surface area contributed by atoms with Crippen LogP contribution in [-0.4, -0.2) is 40.8 Å². The summed E-state index contributed by atoms with van der Waals surface area (Å²) in [6.45, 7) is 1.21. The van der Waals surface area contributed by atoms with Gasteiger partial charge in [0.15, 0.2) is 0 Å². The van der Waals surface area contributed by atoms with E-state index < -0.39 is 5.92 Å². The van der Waals surface area contributed by atoms with Crippen LogP contribution in [0.25, 0.3) is 0 Å². The number of nitrogens with one attached hydrogen (secondary N) is 1. The number of aromatic nitrogens is 1. The van der Waals surface area contributed by atoms with E-state index in [-0.39, 0.29) is 23.8 Å². The molecule has 1 N–H and O–H groups in total. The number of likely N-dealkylation sites (tertiary alicyclic amines) is 1. The van der Waals surface area contributed by atoms with Gasteiger partial charge in [0.25, 0.3) is 5.91 Å². The minimum Gasteiger partial charge on any atom is -0.352 e. The first-order chi connectivity index (χ1) is 10.2. The molecule has 3 rings (SSSR count). The Bertz CT molecular complexity index is 595. The number of amides is 2. The predicted octanol–water partition coefficient (Wildman–Crippen LogP) is 0.572. The first-order valence-corrected chi connectivity index (χ1v) is 7.08. The van der Waals surface area contributed by atoms with Crippen LogP contribution in [0, 0.1) is 23.2 Å². The highest BCUT2D eigenvalue weighted by Gasteiger charge is 2.40. The molecule has 3 unspecified atom stereocenters. The molecule has 1 aromatic heterocycles. The summed E-state index contributed by atoms with van der Waals surface area (Å²) in [6, 6.07) is 5.53. The van der Waals surface area contributed by atoms with Gasteiger partial charge < -0.3 is 10.2 Å². The Labute approximate surface area is 122 Å². The number of carbonyl (C=O) groups excluding carboxylic acids is 2. The number of piperidine rings is 2. The number of pyridine rings is 1. The highest BCUT2D eigenvalue weighted by molar-refractivity contribution is 5.94. The van der Waals surface area contributed by atoms with E-state index in [4.69, 9.17) is 5.26 Å². The Morgan fingerprint density at radius 2 is 2.19 bits per heavy atom. The van der Waals surface area contributed by atoms with Crippen LogP contribution < -0.4 is 5.32 Å². The van der Waals surface area contributed by atoms with E-state index in [1.54, 1.807) is 24.5 Å². The summed E-state index contributed by atoms with van der Waals surface area (Å²) < 4.78 is 0. The van der Waals surface area contributed by atoms with E-state index >= 15 is 0 Å². The second-order valence-electron chi connectivity index (χ2n) is 5.57. The number of hydrogen-bond donors (Lipinski definition) is 1. The van der Waals surface area contributed by atoms with Gasteiger partial charge >= 0.3 is 0 Å². The van der Waals surface area contributed by atoms with Crippen LogP contribution >= 0.6 is 0 Å². The normalized spacial score (nSPS) is 28.2. The smallest absolute Gasteiger partial charge is 0.253 e. The Morgan fingerprint density at radius 3 is 2.90 bits per heavy atom. The van der Waals surface area contributed by atoms with Gasteiger partial charge in [-0.2, -0.15) is 5.26 Å². The molecule has 2 amide bonds. The molecule has 2 aliphatic rings. The fourth-order valence-corrected chi connectivity index (χ4v) is 3.13. The Morgan fingerprint density at radius 1 is 1.43 bits per heavy atom. The number of nitriles is 1. The van der Waals surface area contributed by atoms with Crippen molar-refractivity contribution >= 4 is 11.8 Å². The minimum atomic E-state index is -0.595. The van der Waals surface area contributed by atoms with E-state index in [0.717, 1.165) is 6.42 Å². The molecule has 0 saturated carbocycles. The summed E-state index contributed by atoms with van der Waals surface area (Å²) in [5, 5.41) is 11.9. The lowest BCUT2D eigenvalue weighted by atomic mass is 9.80. The third kappa shape index (κ3) is 2.59. The van der Waals surface area contributed by atoms with Gasteiger partial charge in [-0.25, -0.2) is 0 Å². The lowest BCUT2D eigenvalue weighted by Gasteiger charge is -2.42. The highest BCUT2D eigenvalue weighted by atomic mass is 16.2. The maximum absolute atomic E-state index is 12.4. The van der Waals surface area contributed by atoms with Crippen LogP contribution in [0.1, 0.15) is 23.2 Å². The lowest BCUT2D eigenvalue weighted by molar-refractivity contribution is -0.128. The van der Waals surface area contributed by atoms with Crippen LogP contribution in [0.5, 0.6) is 0 Å². The van der Waals surface area contributed by atoms with E-state index in [2.05, 4.69) is 10.3 Å². The summed E-state index contributed by atoms with van der Waals surface area (Å²) >= 11 is 0. The van der Waals surface area contributed by atoms with Crippen molar-refractivity contribution < 1.29 is 9.59 Å². The topological polar surface area (TPSA) is 86.1 Å². The number of rotatable bonds is 1. The second-order valence-corrected chi connectivity index (χ2v) is 5.57. The zero-order valence-electron chi connectivity index (χ0n) is 11.5. The fraction of sp³-hybridized carbons (Fsp3) is 0.467. The summed E-state index contributed by atoms with van der Waals surface area (Å²) in [5.41, 5.74) is 0.625. The van der Waals surface area contributed by atoms with Crippen molar-refractivity contribution in [3.8, 4) is 6.07 Å². The molecule has 2 aliphatic heterocycles. The summed E-state index contributed by atoms with van der Waals surface area (Å²) in [6.07, 6.45) is 4.48. The maximum Gasteiger partial charge on any atom is 0.253 e. The highest BCUT2D eigenvalue weighted by Crippen LogP contribution is 2.28. The molecule has 6 nitrogen and oxygen atoms in total. The minimum absolute atomic E-state index is 0.0127. The molecule has 0 aliphatic carbocycles. The van der Waals surface area contributed by atoms with E-state index in [1.165, 1.54) is 0 Å². The Hall–Kier alpha value is -2.42. The average molecular weight is 284 g/mol. The van der Waals surface area contributed by atoms with Crippen LogP contribution in [0.2, 0.25) is 0 Å². The molecule has 2 fully saturated rings. The molecule has 1 aromatic rings. The van der Waals surface area contributed by atoms with E-state index in [9.17, 15) is 9.59 Å². The number of hydrogen-bond acceptors (Lipinski definition) is 4. The summed E-state index contributed by atoms with van der Waals surface area (Å²) in [5.74, 6) is -0.622. The molecule has 2 saturated heterocycles. The van der Waals surface area contributed by atoms with Crippen LogP contribution in [0.3, 0.4) is 0 Å². The van der Waals surface area contributed by atoms with Crippen molar-refractivity contribution in [3.63, 3.8) is 0 Å². The molecule has 6 heteroatoms. The monoisotopic (exact) mass is 284 g/mol. The van der Waals surface area contributed by atoms with Gasteiger partial charge in [-0.15, -0.1) is 0 Å². The average Bonchev–Trinajstić information content (AvgIpc) is 2.54. The summed E-state index contributed by atoms with van der Waals surface area (Å²) in [7, 11) is 0. The van der Waals surface area contributed by atoms with Crippen molar-refractivity contribution in [3.05, 3.63) is 30.1 Å².